The Labute approximate surface area is 104 Å². The van der Waals surface area contributed by atoms with Gasteiger partial charge in [0.1, 0.15) is 0 Å². The Morgan fingerprint density at radius 2 is 2.35 bits per heavy atom. The van der Waals surface area contributed by atoms with Gasteiger partial charge in [-0.1, -0.05) is 13.8 Å². The van der Waals surface area contributed by atoms with Crippen LogP contribution in [0.15, 0.2) is 24.2 Å². The molecule has 0 radical (unpaired) electrons. The average molecular weight is 236 g/mol. The van der Waals surface area contributed by atoms with Crippen molar-refractivity contribution in [3.63, 3.8) is 0 Å². The van der Waals surface area contributed by atoms with Crippen LogP contribution in [0.2, 0.25) is 0 Å². The summed E-state index contributed by atoms with van der Waals surface area (Å²) in [5, 5.41) is 5.53. The first-order chi connectivity index (χ1) is 8.19. The molecule has 96 valence electrons. The van der Waals surface area contributed by atoms with Crippen molar-refractivity contribution in [1.82, 2.24) is 20.7 Å². The third kappa shape index (κ3) is 3.16. The molecule has 0 aromatic rings. The summed E-state index contributed by atoms with van der Waals surface area (Å²) in [5.41, 5.74) is 4.58. The zero-order valence-electron chi connectivity index (χ0n) is 11.1. The highest BCUT2D eigenvalue weighted by molar-refractivity contribution is 5.20. The summed E-state index contributed by atoms with van der Waals surface area (Å²) in [6.07, 6.45) is 7.65. The lowest BCUT2D eigenvalue weighted by Crippen LogP contribution is -2.37. The average Bonchev–Trinajstić information content (AvgIpc) is 2.77. The SMILES string of the molecule is CN[C@H]1CCN(C2=CN(CC(C)C)NC=C2)C1. The summed E-state index contributed by atoms with van der Waals surface area (Å²) < 4.78 is 0. The van der Waals surface area contributed by atoms with Crippen molar-refractivity contribution >= 4 is 0 Å². The minimum Gasteiger partial charge on any atom is -0.369 e. The van der Waals surface area contributed by atoms with Crippen LogP contribution >= 0.6 is 0 Å². The second kappa shape index (κ2) is 5.45. The smallest absolute Gasteiger partial charge is 0.0563 e. The van der Waals surface area contributed by atoms with E-state index in [1.807, 2.05) is 13.2 Å². The fraction of sp³-hybridized carbons (Fsp3) is 0.692. The highest BCUT2D eigenvalue weighted by atomic mass is 15.5. The van der Waals surface area contributed by atoms with E-state index in [2.05, 4.69) is 46.8 Å². The van der Waals surface area contributed by atoms with E-state index in [-0.39, 0.29) is 0 Å². The maximum atomic E-state index is 3.35. The van der Waals surface area contributed by atoms with Gasteiger partial charge in [0.25, 0.3) is 0 Å². The summed E-state index contributed by atoms with van der Waals surface area (Å²) in [4.78, 5) is 2.45. The van der Waals surface area contributed by atoms with E-state index in [0.717, 1.165) is 19.6 Å². The van der Waals surface area contributed by atoms with Crippen LogP contribution < -0.4 is 10.7 Å². The quantitative estimate of drug-likeness (QED) is 0.765. The molecule has 2 N–H and O–H groups in total. The van der Waals surface area contributed by atoms with E-state index in [9.17, 15) is 0 Å². The lowest BCUT2D eigenvalue weighted by atomic mass is 10.2. The highest BCUT2D eigenvalue weighted by Crippen LogP contribution is 2.18. The fourth-order valence-electron chi connectivity index (χ4n) is 2.37. The third-order valence-corrected chi connectivity index (χ3v) is 3.31. The highest BCUT2D eigenvalue weighted by Gasteiger charge is 2.22. The van der Waals surface area contributed by atoms with E-state index in [0.29, 0.717) is 12.0 Å². The Hall–Kier alpha value is -1.16. The predicted molar refractivity (Wildman–Crippen MR) is 70.9 cm³/mol. The summed E-state index contributed by atoms with van der Waals surface area (Å²) in [7, 11) is 2.05. The lowest BCUT2D eigenvalue weighted by Gasteiger charge is -2.30. The van der Waals surface area contributed by atoms with Crippen molar-refractivity contribution in [1.29, 1.82) is 0 Å². The summed E-state index contributed by atoms with van der Waals surface area (Å²) >= 11 is 0. The number of likely N-dealkylation sites (tertiary alicyclic amines) is 1. The molecule has 0 aromatic heterocycles. The molecule has 1 atom stereocenters. The van der Waals surface area contributed by atoms with Crippen LogP contribution in [0.4, 0.5) is 0 Å². The first kappa shape index (κ1) is 12.3. The van der Waals surface area contributed by atoms with Gasteiger partial charge in [-0.3, -0.25) is 5.01 Å². The van der Waals surface area contributed by atoms with Crippen LogP contribution in [-0.4, -0.2) is 42.6 Å². The summed E-state index contributed by atoms with van der Waals surface area (Å²) in [5.74, 6) is 0.662. The van der Waals surface area contributed by atoms with Gasteiger partial charge < -0.3 is 15.6 Å². The van der Waals surface area contributed by atoms with Crippen molar-refractivity contribution in [2.24, 2.45) is 5.92 Å². The van der Waals surface area contributed by atoms with E-state index < -0.39 is 0 Å². The van der Waals surface area contributed by atoms with Gasteiger partial charge in [-0.05, 0) is 25.5 Å². The Morgan fingerprint density at radius 1 is 1.53 bits per heavy atom. The van der Waals surface area contributed by atoms with E-state index in [1.54, 1.807) is 0 Å². The van der Waals surface area contributed by atoms with Crippen LogP contribution in [0.5, 0.6) is 0 Å². The molecule has 1 saturated heterocycles. The molecular weight excluding hydrogens is 212 g/mol. The first-order valence-electron chi connectivity index (χ1n) is 6.52. The Bertz CT molecular complexity index is 309. The van der Waals surface area contributed by atoms with Gasteiger partial charge in [-0.15, -0.1) is 0 Å². The number of hydrogen-bond donors (Lipinski definition) is 2. The molecule has 2 rings (SSSR count). The number of likely N-dealkylation sites (N-methyl/N-ethyl adjacent to an activating group) is 1. The summed E-state index contributed by atoms with van der Waals surface area (Å²) in [6.45, 7) is 7.78. The van der Waals surface area contributed by atoms with Crippen LogP contribution in [0, 0.1) is 5.92 Å². The van der Waals surface area contributed by atoms with E-state index in [1.165, 1.54) is 12.1 Å². The second-order valence-corrected chi connectivity index (χ2v) is 5.28. The van der Waals surface area contributed by atoms with Crippen LogP contribution in [0.3, 0.4) is 0 Å². The van der Waals surface area contributed by atoms with E-state index in [4.69, 9.17) is 0 Å². The van der Waals surface area contributed by atoms with Gasteiger partial charge in [0.15, 0.2) is 0 Å². The fourth-order valence-corrected chi connectivity index (χ4v) is 2.37. The maximum Gasteiger partial charge on any atom is 0.0563 e. The molecule has 4 heteroatoms. The normalized spacial score (nSPS) is 24.2. The number of hydrogen-bond acceptors (Lipinski definition) is 4. The van der Waals surface area contributed by atoms with Gasteiger partial charge >= 0.3 is 0 Å². The predicted octanol–water partition coefficient (Wildman–Crippen LogP) is 1.11. The van der Waals surface area contributed by atoms with Crippen molar-refractivity contribution < 1.29 is 0 Å². The molecule has 0 amide bonds. The molecule has 0 aliphatic carbocycles. The second-order valence-electron chi connectivity index (χ2n) is 5.28. The minimum absolute atomic E-state index is 0.637. The molecule has 1 fully saturated rings. The molecule has 0 spiro atoms. The Kier molecular flexibility index (Phi) is 3.94. The Morgan fingerprint density at radius 3 is 3.00 bits per heavy atom. The molecular formula is C13H24N4. The molecule has 0 unspecified atom stereocenters. The zero-order chi connectivity index (χ0) is 12.3. The zero-order valence-corrected chi connectivity index (χ0v) is 11.1. The minimum atomic E-state index is 0.637. The first-order valence-corrected chi connectivity index (χ1v) is 6.52. The molecule has 0 aromatic carbocycles. The monoisotopic (exact) mass is 236 g/mol. The van der Waals surface area contributed by atoms with Crippen LogP contribution in [0.25, 0.3) is 0 Å². The largest absolute Gasteiger partial charge is 0.369 e. The van der Waals surface area contributed by atoms with Gasteiger partial charge in [0.2, 0.25) is 0 Å². The molecule has 4 nitrogen and oxygen atoms in total. The van der Waals surface area contributed by atoms with E-state index >= 15 is 0 Å². The van der Waals surface area contributed by atoms with Crippen LogP contribution in [-0.2, 0) is 0 Å². The molecule has 2 aliphatic heterocycles. The maximum absolute atomic E-state index is 3.35. The summed E-state index contributed by atoms with van der Waals surface area (Å²) in [6, 6.07) is 0.637. The van der Waals surface area contributed by atoms with Gasteiger partial charge in [0, 0.05) is 38.1 Å². The van der Waals surface area contributed by atoms with Crippen molar-refractivity contribution in [3.05, 3.63) is 24.2 Å². The number of hydrazine groups is 1. The van der Waals surface area contributed by atoms with Crippen LogP contribution in [0.1, 0.15) is 20.3 Å². The number of nitrogens with zero attached hydrogens (tertiary/aromatic N) is 2. The van der Waals surface area contributed by atoms with Crippen molar-refractivity contribution in [2.45, 2.75) is 26.3 Å². The molecule has 0 bridgehead atoms. The molecule has 2 heterocycles. The number of allylic oxidation sites excluding steroid dienone is 1. The van der Waals surface area contributed by atoms with Gasteiger partial charge in [0.05, 0.1) is 5.70 Å². The molecule has 17 heavy (non-hydrogen) atoms. The Balaban J connectivity index is 1.95. The van der Waals surface area contributed by atoms with Crippen molar-refractivity contribution in [2.75, 3.05) is 26.7 Å². The molecule has 2 aliphatic rings. The number of nitrogens with one attached hydrogen (secondary N) is 2. The van der Waals surface area contributed by atoms with Crippen molar-refractivity contribution in [3.8, 4) is 0 Å². The topological polar surface area (TPSA) is 30.5 Å². The standard InChI is InChI=1S/C13H24N4/c1-11(2)8-17-10-13(4-6-15-17)16-7-5-12(9-16)14-3/h4,6,10-12,14-15H,5,7-9H2,1-3H3/t12-/m0/s1. The third-order valence-electron chi connectivity index (χ3n) is 3.31. The van der Waals surface area contributed by atoms with Gasteiger partial charge in [-0.2, -0.15) is 0 Å². The number of rotatable bonds is 4. The molecule has 0 saturated carbocycles. The lowest BCUT2D eigenvalue weighted by molar-refractivity contribution is 0.263. The van der Waals surface area contributed by atoms with Gasteiger partial charge in [-0.25, -0.2) is 0 Å².